The molecule has 1 heterocycles. The SMILES string of the molecule is COc1ccc(S(=O)(=O)N(C)C)cc1NC(=O)C[NH+]1C[C@@H](C)O[C@H](C)C1. The van der Waals surface area contributed by atoms with Crippen LogP contribution < -0.4 is 15.0 Å². The number of rotatable bonds is 6. The van der Waals surface area contributed by atoms with E-state index in [2.05, 4.69) is 5.32 Å². The number of hydrogen-bond acceptors (Lipinski definition) is 5. The first-order valence-corrected chi connectivity index (χ1v) is 9.97. The van der Waals surface area contributed by atoms with Gasteiger partial charge in [0.15, 0.2) is 6.54 Å². The molecule has 0 aromatic heterocycles. The summed E-state index contributed by atoms with van der Waals surface area (Å²) in [4.78, 5) is 13.7. The molecular formula is C17H28N3O5S+. The second kappa shape index (κ2) is 8.34. The zero-order chi connectivity index (χ0) is 19.5. The van der Waals surface area contributed by atoms with E-state index in [9.17, 15) is 13.2 Å². The van der Waals surface area contributed by atoms with E-state index in [1.54, 1.807) is 0 Å². The number of carbonyl (C=O) groups is 1. The molecule has 0 unspecified atom stereocenters. The summed E-state index contributed by atoms with van der Waals surface area (Å²) in [5.41, 5.74) is 0.342. The summed E-state index contributed by atoms with van der Waals surface area (Å²) in [5, 5.41) is 2.78. The molecule has 1 amide bonds. The van der Waals surface area contributed by atoms with Gasteiger partial charge < -0.3 is 19.7 Å². The maximum Gasteiger partial charge on any atom is 0.279 e. The zero-order valence-electron chi connectivity index (χ0n) is 15.9. The van der Waals surface area contributed by atoms with E-state index in [4.69, 9.17) is 9.47 Å². The lowest BCUT2D eigenvalue weighted by molar-refractivity contribution is -0.907. The number of methoxy groups -OCH3 is 1. The number of nitrogens with one attached hydrogen (secondary N) is 2. The van der Waals surface area contributed by atoms with Crippen LogP contribution in [0.3, 0.4) is 0 Å². The number of hydrogen-bond donors (Lipinski definition) is 2. The monoisotopic (exact) mass is 386 g/mol. The molecule has 0 spiro atoms. The highest BCUT2D eigenvalue weighted by molar-refractivity contribution is 7.89. The van der Waals surface area contributed by atoms with Gasteiger partial charge in [-0.15, -0.1) is 0 Å². The highest BCUT2D eigenvalue weighted by Crippen LogP contribution is 2.28. The molecule has 0 bridgehead atoms. The summed E-state index contributed by atoms with van der Waals surface area (Å²) in [6, 6.07) is 4.42. The van der Waals surface area contributed by atoms with Crippen LogP contribution in [0.2, 0.25) is 0 Å². The smallest absolute Gasteiger partial charge is 0.279 e. The summed E-state index contributed by atoms with van der Waals surface area (Å²) in [6.45, 7) is 5.78. The van der Waals surface area contributed by atoms with Crippen molar-refractivity contribution < 1.29 is 27.6 Å². The van der Waals surface area contributed by atoms with Gasteiger partial charge in [-0.2, -0.15) is 0 Å². The highest BCUT2D eigenvalue weighted by Gasteiger charge is 2.27. The molecule has 1 aromatic carbocycles. The minimum absolute atomic E-state index is 0.0968. The Morgan fingerprint density at radius 2 is 1.92 bits per heavy atom. The van der Waals surface area contributed by atoms with Gasteiger partial charge in [0.1, 0.15) is 31.0 Å². The highest BCUT2D eigenvalue weighted by atomic mass is 32.2. The van der Waals surface area contributed by atoms with Gasteiger partial charge in [-0.05, 0) is 32.0 Å². The fraction of sp³-hybridized carbons (Fsp3) is 0.588. The summed E-state index contributed by atoms with van der Waals surface area (Å²) in [5.74, 6) is 0.216. The lowest BCUT2D eigenvalue weighted by Gasteiger charge is -2.31. The van der Waals surface area contributed by atoms with Gasteiger partial charge in [-0.1, -0.05) is 0 Å². The van der Waals surface area contributed by atoms with E-state index in [-0.39, 0.29) is 29.6 Å². The number of quaternary nitrogens is 1. The zero-order valence-corrected chi connectivity index (χ0v) is 16.7. The third kappa shape index (κ3) is 4.94. The summed E-state index contributed by atoms with van der Waals surface area (Å²) >= 11 is 0. The van der Waals surface area contributed by atoms with Crippen molar-refractivity contribution in [3.63, 3.8) is 0 Å². The minimum Gasteiger partial charge on any atom is -0.495 e. The Morgan fingerprint density at radius 1 is 1.31 bits per heavy atom. The molecule has 1 saturated heterocycles. The van der Waals surface area contributed by atoms with Crippen molar-refractivity contribution in [1.82, 2.24) is 4.31 Å². The van der Waals surface area contributed by atoms with Gasteiger partial charge in [0.05, 0.1) is 17.7 Å². The Kier molecular flexibility index (Phi) is 6.62. The summed E-state index contributed by atoms with van der Waals surface area (Å²) < 4.78 is 36.7. The number of sulfonamides is 1. The molecule has 26 heavy (non-hydrogen) atoms. The van der Waals surface area contributed by atoms with Gasteiger partial charge in [-0.3, -0.25) is 4.79 Å². The first-order valence-electron chi connectivity index (χ1n) is 8.53. The molecule has 2 N–H and O–H groups in total. The predicted octanol–water partition coefficient (Wildman–Crippen LogP) is -0.424. The van der Waals surface area contributed by atoms with Crippen molar-refractivity contribution in [2.24, 2.45) is 0 Å². The summed E-state index contributed by atoms with van der Waals surface area (Å²) in [7, 11) is 0.797. The van der Waals surface area contributed by atoms with Crippen LogP contribution in [-0.2, 0) is 19.6 Å². The van der Waals surface area contributed by atoms with Crippen LogP contribution in [0, 0.1) is 0 Å². The number of morpholine rings is 1. The second-order valence-electron chi connectivity index (χ2n) is 6.79. The number of amides is 1. The molecule has 1 fully saturated rings. The average Bonchev–Trinajstić information content (AvgIpc) is 2.53. The largest absolute Gasteiger partial charge is 0.495 e. The summed E-state index contributed by atoms with van der Waals surface area (Å²) in [6.07, 6.45) is 0.203. The lowest BCUT2D eigenvalue weighted by Crippen LogP contribution is -3.16. The van der Waals surface area contributed by atoms with Crippen LogP contribution in [0.4, 0.5) is 5.69 Å². The Morgan fingerprint density at radius 3 is 2.46 bits per heavy atom. The number of nitrogens with zero attached hydrogens (tertiary/aromatic N) is 1. The van der Waals surface area contributed by atoms with Crippen molar-refractivity contribution in [3.8, 4) is 5.75 Å². The van der Waals surface area contributed by atoms with Crippen LogP contribution in [0.15, 0.2) is 23.1 Å². The van der Waals surface area contributed by atoms with E-state index in [0.717, 1.165) is 22.3 Å². The fourth-order valence-electron chi connectivity index (χ4n) is 3.11. The number of benzene rings is 1. The van der Waals surface area contributed by atoms with Crippen molar-refractivity contribution >= 4 is 21.6 Å². The average molecular weight is 386 g/mol. The van der Waals surface area contributed by atoms with Gasteiger partial charge in [0, 0.05) is 14.1 Å². The molecule has 1 aliphatic rings. The Hall–Kier alpha value is -1.68. The van der Waals surface area contributed by atoms with Crippen molar-refractivity contribution in [2.45, 2.75) is 31.0 Å². The van der Waals surface area contributed by atoms with Gasteiger partial charge in [-0.25, -0.2) is 12.7 Å². The maximum absolute atomic E-state index is 12.5. The minimum atomic E-state index is -3.60. The van der Waals surface area contributed by atoms with Crippen LogP contribution in [0.25, 0.3) is 0 Å². The maximum atomic E-state index is 12.5. The fourth-order valence-corrected chi connectivity index (χ4v) is 4.04. The van der Waals surface area contributed by atoms with Crippen molar-refractivity contribution in [3.05, 3.63) is 18.2 Å². The third-order valence-corrected chi connectivity index (χ3v) is 6.06. The van der Waals surface area contributed by atoms with E-state index in [1.165, 1.54) is 39.4 Å². The van der Waals surface area contributed by atoms with Crippen LogP contribution in [0.5, 0.6) is 5.75 Å². The Labute approximate surface area is 155 Å². The quantitative estimate of drug-likeness (QED) is 0.693. The number of carbonyl (C=O) groups excluding carboxylic acids is 1. The Bertz CT molecular complexity index is 741. The molecule has 9 heteroatoms. The van der Waals surface area contributed by atoms with Crippen LogP contribution in [0.1, 0.15) is 13.8 Å². The molecule has 0 saturated carbocycles. The van der Waals surface area contributed by atoms with E-state index >= 15 is 0 Å². The molecular weight excluding hydrogens is 358 g/mol. The number of anilines is 1. The normalized spacial score (nSPS) is 23.7. The van der Waals surface area contributed by atoms with Gasteiger partial charge in [0.25, 0.3) is 5.91 Å². The molecule has 8 nitrogen and oxygen atoms in total. The molecule has 2 atom stereocenters. The third-order valence-electron chi connectivity index (χ3n) is 4.25. The Balaban J connectivity index is 2.15. The topological polar surface area (TPSA) is 89.4 Å². The van der Waals surface area contributed by atoms with Crippen LogP contribution in [-0.4, -0.2) is 71.7 Å². The van der Waals surface area contributed by atoms with E-state index < -0.39 is 10.0 Å². The first-order chi connectivity index (χ1) is 12.1. The molecule has 0 aliphatic carbocycles. The molecule has 146 valence electrons. The molecule has 1 aliphatic heterocycles. The van der Waals surface area contributed by atoms with Crippen LogP contribution >= 0.6 is 0 Å². The van der Waals surface area contributed by atoms with Gasteiger partial charge >= 0.3 is 0 Å². The molecule has 1 aromatic rings. The predicted molar refractivity (Wildman–Crippen MR) is 98.1 cm³/mol. The van der Waals surface area contributed by atoms with Crippen molar-refractivity contribution in [2.75, 3.05) is 46.2 Å². The second-order valence-corrected chi connectivity index (χ2v) is 8.94. The standard InChI is InChI=1S/C17H27N3O5S/c1-12-9-20(10-13(2)25-12)11-17(21)18-15-8-14(6-7-16(15)24-5)26(22,23)19(3)4/h6-8,12-13H,9-11H2,1-5H3,(H,18,21)/p+1/t12-,13-/m1/s1. The number of ether oxygens (including phenoxy) is 2. The molecule has 2 rings (SSSR count). The van der Waals surface area contributed by atoms with E-state index in [0.29, 0.717) is 11.4 Å². The van der Waals surface area contributed by atoms with Crippen molar-refractivity contribution in [1.29, 1.82) is 0 Å². The van der Waals surface area contributed by atoms with Gasteiger partial charge in [0.2, 0.25) is 10.0 Å². The molecule has 0 radical (unpaired) electrons. The lowest BCUT2D eigenvalue weighted by atomic mass is 10.2. The first kappa shape index (κ1) is 20.6. The van der Waals surface area contributed by atoms with E-state index in [1.807, 2.05) is 13.8 Å².